The first-order valence-corrected chi connectivity index (χ1v) is 9.40. The molecule has 0 amide bonds. The predicted octanol–water partition coefficient (Wildman–Crippen LogP) is 2.13. The second-order valence-corrected chi connectivity index (χ2v) is 7.78. The molecule has 1 fully saturated rings. The molecule has 1 aliphatic heterocycles. The van der Waals surface area contributed by atoms with Gasteiger partial charge >= 0.3 is 0 Å². The number of sulfonamides is 1. The molecular weight excluding hydrogens is 345 g/mol. The molecule has 1 saturated heterocycles. The number of hydrogen-bond donors (Lipinski definition) is 0. The molecule has 1 aromatic carbocycles. The molecule has 1 atom stereocenters. The molecule has 0 saturated carbocycles. The highest BCUT2D eigenvalue weighted by Crippen LogP contribution is 2.28. The third-order valence-electron chi connectivity index (χ3n) is 4.27. The summed E-state index contributed by atoms with van der Waals surface area (Å²) in [5, 5.41) is 0. The minimum absolute atomic E-state index is 0.132. The highest BCUT2D eigenvalue weighted by atomic mass is 32.2. The molecule has 25 heavy (non-hydrogen) atoms. The van der Waals surface area contributed by atoms with Gasteiger partial charge in [-0.1, -0.05) is 18.2 Å². The normalized spacial score (nSPS) is 19.0. The Bertz CT molecular complexity index is 860. The van der Waals surface area contributed by atoms with Crippen LogP contribution in [0, 0.1) is 5.95 Å². The lowest BCUT2D eigenvalue weighted by molar-refractivity contribution is 0.337. The van der Waals surface area contributed by atoms with Crippen LogP contribution in [0.2, 0.25) is 0 Å². The predicted molar refractivity (Wildman–Crippen MR) is 92.8 cm³/mol. The van der Waals surface area contributed by atoms with Crippen LogP contribution in [0.3, 0.4) is 0 Å². The maximum absolute atomic E-state index is 13.4. The van der Waals surface area contributed by atoms with E-state index < -0.39 is 16.0 Å². The van der Waals surface area contributed by atoms with E-state index in [1.54, 1.807) is 36.4 Å². The van der Waals surface area contributed by atoms with Crippen molar-refractivity contribution in [2.45, 2.75) is 17.9 Å². The van der Waals surface area contributed by atoms with Gasteiger partial charge in [-0.2, -0.15) is 8.70 Å². The van der Waals surface area contributed by atoms with Crippen LogP contribution in [0.25, 0.3) is 0 Å². The summed E-state index contributed by atoms with van der Waals surface area (Å²) in [5.41, 5.74) is 0. The number of nitrogens with zero attached hydrogens (tertiary/aromatic N) is 3. The number of pyridine rings is 1. The van der Waals surface area contributed by atoms with E-state index in [4.69, 9.17) is 4.74 Å². The number of piperazine rings is 1. The van der Waals surface area contributed by atoms with E-state index in [1.807, 2.05) is 11.8 Å². The largest absolute Gasteiger partial charge is 0.495 e. The van der Waals surface area contributed by atoms with Crippen molar-refractivity contribution in [3.63, 3.8) is 0 Å². The van der Waals surface area contributed by atoms with Crippen LogP contribution in [-0.2, 0) is 10.0 Å². The third-order valence-corrected chi connectivity index (χ3v) is 6.18. The first-order chi connectivity index (χ1) is 11.9. The van der Waals surface area contributed by atoms with E-state index in [0.717, 1.165) is 0 Å². The van der Waals surface area contributed by atoms with Gasteiger partial charge in [0.15, 0.2) is 0 Å². The Morgan fingerprint density at radius 2 is 1.92 bits per heavy atom. The van der Waals surface area contributed by atoms with Gasteiger partial charge in [-0.25, -0.2) is 13.4 Å². The molecule has 6 nitrogen and oxygen atoms in total. The molecule has 0 radical (unpaired) electrons. The molecule has 3 rings (SSSR count). The molecule has 1 aromatic heterocycles. The van der Waals surface area contributed by atoms with Gasteiger partial charge in [0.1, 0.15) is 16.5 Å². The number of methoxy groups -OCH3 is 1. The van der Waals surface area contributed by atoms with Crippen molar-refractivity contribution in [3.05, 3.63) is 48.4 Å². The number of para-hydroxylation sites is 1. The molecule has 0 bridgehead atoms. The van der Waals surface area contributed by atoms with Gasteiger partial charge < -0.3 is 9.64 Å². The Morgan fingerprint density at radius 1 is 1.16 bits per heavy atom. The molecule has 0 aliphatic carbocycles. The van der Waals surface area contributed by atoms with E-state index in [-0.39, 0.29) is 10.9 Å². The molecule has 2 heterocycles. The summed E-state index contributed by atoms with van der Waals surface area (Å²) >= 11 is 0. The van der Waals surface area contributed by atoms with Crippen molar-refractivity contribution >= 4 is 15.8 Å². The number of hydrogen-bond acceptors (Lipinski definition) is 5. The molecule has 1 aliphatic rings. The Kier molecular flexibility index (Phi) is 4.91. The van der Waals surface area contributed by atoms with Crippen LogP contribution < -0.4 is 9.64 Å². The average molecular weight is 365 g/mol. The topological polar surface area (TPSA) is 62.7 Å². The number of halogens is 1. The van der Waals surface area contributed by atoms with Crippen molar-refractivity contribution in [3.8, 4) is 5.75 Å². The molecule has 2 aromatic rings. The summed E-state index contributed by atoms with van der Waals surface area (Å²) in [5.74, 6) is 0.292. The van der Waals surface area contributed by atoms with Crippen LogP contribution in [0.5, 0.6) is 5.75 Å². The van der Waals surface area contributed by atoms with Crippen molar-refractivity contribution in [1.29, 1.82) is 0 Å². The Morgan fingerprint density at radius 3 is 2.60 bits per heavy atom. The molecule has 134 valence electrons. The fraction of sp³-hybridized carbons (Fsp3) is 0.353. The fourth-order valence-electron chi connectivity index (χ4n) is 3.01. The number of anilines is 1. The lowest BCUT2D eigenvalue weighted by atomic mass is 10.2. The Balaban J connectivity index is 1.83. The smallest absolute Gasteiger partial charge is 0.246 e. The van der Waals surface area contributed by atoms with Crippen LogP contribution in [0.15, 0.2) is 47.4 Å². The van der Waals surface area contributed by atoms with Gasteiger partial charge in [-0.15, -0.1) is 0 Å². The van der Waals surface area contributed by atoms with Gasteiger partial charge in [0, 0.05) is 25.7 Å². The minimum Gasteiger partial charge on any atom is -0.495 e. The molecule has 0 N–H and O–H groups in total. The first-order valence-electron chi connectivity index (χ1n) is 7.96. The maximum Gasteiger partial charge on any atom is 0.246 e. The van der Waals surface area contributed by atoms with Crippen LogP contribution >= 0.6 is 0 Å². The van der Waals surface area contributed by atoms with Gasteiger partial charge in [0.25, 0.3) is 0 Å². The third kappa shape index (κ3) is 3.45. The zero-order valence-corrected chi connectivity index (χ0v) is 14.9. The van der Waals surface area contributed by atoms with Crippen molar-refractivity contribution < 1.29 is 17.5 Å². The van der Waals surface area contributed by atoms with Gasteiger partial charge in [-0.3, -0.25) is 0 Å². The Labute approximate surface area is 146 Å². The zero-order valence-electron chi connectivity index (χ0n) is 14.1. The van der Waals surface area contributed by atoms with E-state index >= 15 is 0 Å². The van der Waals surface area contributed by atoms with Gasteiger partial charge in [0.2, 0.25) is 16.0 Å². The summed E-state index contributed by atoms with van der Waals surface area (Å²) in [7, 11) is -2.22. The fourth-order valence-corrected chi connectivity index (χ4v) is 4.68. The second kappa shape index (κ2) is 6.97. The number of aromatic nitrogens is 1. The number of rotatable bonds is 4. The lowest BCUT2D eigenvalue weighted by Crippen LogP contribution is -2.54. The SMILES string of the molecule is COc1ccccc1S(=O)(=O)N1CCN(c2cccc(F)n2)C(C)C1. The zero-order chi connectivity index (χ0) is 18.0. The van der Waals surface area contributed by atoms with Gasteiger partial charge in [-0.05, 0) is 31.2 Å². The second-order valence-electron chi connectivity index (χ2n) is 5.87. The molecule has 8 heteroatoms. The molecular formula is C17H20FN3O3S. The summed E-state index contributed by atoms with van der Waals surface area (Å²) in [6, 6.07) is 11.1. The summed E-state index contributed by atoms with van der Waals surface area (Å²) < 4.78 is 45.9. The van der Waals surface area contributed by atoms with Crippen LogP contribution in [-0.4, -0.2) is 50.5 Å². The quantitative estimate of drug-likeness (QED) is 0.777. The van der Waals surface area contributed by atoms with E-state index in [0.29, 0.717) is 31.2 Å². The number of benzene rings is 1. The van der Waals surface area contributed by atoms with Crippen LogP contribution in [0.1, 0.15) is 6.92 Å². The van der Waals surface area contributed by atoms with Gasteiger partial charge in [0.05, 0.1) is 7.11 Å². The molecule has 0 spiro atoms. The van der Waals surface area contributed by atoms with E-state index in [1.165, 1.54) is 17.5 Å². The lowest BCUT2D eigenvalue weighted by Gasteiger charge is -2.39. The van der Waals surface area contributed by atoms with Crippen molar-refractivity contribution in [1.82, 2.24) is 9.29 Å². The van der Waals surface area contributed by atoms with E-state index in [9.17, 15) is 12.8 Å². The van der Waals surface area contributed by atoms with Crippen molar-refractivity contribution in [2.75, 3.05) is 31.6 Å². The average Bonchev–Trinajstić information content (AvgIpc) is 2.61. The van der Waals surface area contributed by atoms with E-state index in [2.05, 4.69) is 4.98 Å². The van der Waals surface area contributed by atoms with Crippen LogP contribution in [0.4, 0.5) is 10.2 Å². The summed E-state index contributed by atoms with van der Waals surface area (Å²) in [4.78, 5) is 5.96. The molecule has 1 unspecified atom stereocenters. The minimum atomic E-state index is -3.66. The monoisotopic (exact) mass is 365 g/mol. The maximum atomic E-state index is 13.4. The van der Waals surface area contributed by atoms with Crippen molar-refractivity contribution in [2.24, 2.45) is 0 Å². The first kappa shape index (κ1) is 17.6. The summed E-state index contributed by atoms with van der Waals surface area (Å²) in [6.45, 7) is 2.92. The highest BCUT2D eigenvalue weighted by Gasteiger charge is 2.34. The summed E-state index contributed by atoms with van der Waals surface area (Å²) in [6.07, 6.45) is 0. The highest BCUT2D eigenvalue weighted by molar-refractivity contribution is 7.89. The standard InChI is InChI=1S/C17H20FN3O3S/c1-13-12-20(10-11-21(13)17-9-5-8-16(18)19-17)25(22,23)15-7-4-3-6-14(15)24-2/h3-9,13H,10-12H2,1-2H3. The number of ether oxygens (including phenoxy) is 1. The Hall–Kier alpha value is -2.19.